The molecule has 0 fully saturated rings. The van der Waals surface area contributed by atoms with Crippen molar-refractivity contribution in [3.8, 4) is 0 Å². The number of carboxylic acids is 1. The normalized spacial score (nSPS) is 12.1. The van der Waals surface area contributed by atoms with Crippen LogP contribution in [0.4, 0.5) is 0 Å². The maximum Gasteiger partial charge on any atom is 0.339 e. The van der Waals surface area contributed by atoms with Gasteiger partial charge in [0.05, 0.1) is 17.2 Å². The molecule has 1 N–H and O–H groups in total. The van der Waals surface area contributed by atoms with Crippen molar-refractivity contribution in [2.24, 2.45) is 5.92 Å². The summed E-state index contributed by atoms with van der Waals surface area (Å²) in [5, 5.41) is 9.19. The Morgan fingerprint density at radius 2 is 1.13 bits per heavy atom. The van der Waals surface area contributed by atoms with Crippen LogP contribution in [0.3, 0.4) is 0 Å². The van der Waals surface area contributed by atoms with E-state index in [1.165, 1.54) is 82.8 Å². The summed E-state index contributed by atoms with van der Waals surface area (Å²) in [7, 11) is 0. The molecular weight excluding hydrogens is 388 g/mol. The highest BCUT2D eigenvalue weighted by Gasteiger charge is 2.18. The van der Waals surface area contributed by atoms with Gasteiger partial charge in [-0.3, -0.25) is 0 Å². The molecule has 4 heteroatoms. The Bertz CT molecular complexity index is 623. The monoisotopic (exact) mass is 432 g/mol. The van der Waals surface area contributed by atoms with E-state index >= 15 is 0 Å². The van der Waals surface area contributed by atoms with E-state index in [1.54, 1.807) is 12.1 Å². The number of ether oxygens (including phenoxy) is 1. The third-order valence-electron chi connectivity index (χ3n) is 5.83. The smallest absolute Gasteiger partial charge is 0.339 e. The fraction of sp³-hybridized carbons (Fsp3) is 0.704. The van der Waals surface area contributed by atoms with Crippen molar-refractivity contribution in [1.29, 1.82) is 0 Å². The molecular formula is C27H44O4. The molecule has 0 heterocycles. The van der Waals surface area contributed by atoms with Gasteiger partial charge in [0.25, 0.3) is 0 Å². The summed E-state index contributed by atoms with van der Waals surface area (Å²) in [5.41, 5.74) is 0.114. The second-order valence-electron chi connectivity index (χ2n) is 9.28. The summed E-state index contributed by atoms with van der Waals surface area (Å²) >= 11 is 0. The molecule has 0 aliphatic rings. The van der Waals surface area contributed by atoms with Crippen LogP contribution in [-0.2, 0) is 4.74 Å². The third-order valence-corrected chi connectivity index (χ3v) is 5.83. The maximum absolute atomic E-state index is 12.3. The first kappa shape index (κ1) is 27.2. The van der Waals surface area contributed by atoms with Crippen molar-refractivity contribution in [1.82, 2.24) is 0 Å². The van der Waals surface area contributed by atoms with Crippen molar-refractivity contribution >= 4 is 11.9 Å². The topological polar surface area (TPSA) is 63.6 Å². The van der Waals surface area contributed by atoms with Crippen LogP contribution in [0.5, 0.6) is 0 Å². The van der Waals surface area contributed by atoms with Gasteiger partial charge < -0.3 is 9.84 Å². The lowest BCUT2D eigenvalue weighted by molar-refractivity contribution is 0.0313. The Labute approximate surface area is 189 Å². The summed E-state index contributed by atoms with van der Waals surface area (Å²) < 4.78 is 5.44. The van der Waals surface area contributed by atoms with Crippen LogP contribution in [0, 0.1) is 5.92 Å². The molecule has 0 amide bonds. The largest absolute Gasteiger partial charge is 0.478 e. The van der Waals surface area contributed by atoms with E-state index in [4.69, 9.17) is 4.74 Å². The number of hydrogen-bond donors (Lipinski definition) is 1. The predicted molar refractivity (Wildman–Crippen MR) is 128 cm³/mol. The van der Waals surface area contributed by atoms with Gasteiger partial charge in [-0.1, -0.05) is 103 Å². The Kier molecular flexibility index (Phi) is 14.7. The third kappa shape index (κ3) is 13.2. The van der Waals surface area contributed by atoms with Crippen LogP contribution < -0.4 is 0 Å². The second-order valence-corrected chi connectivity index (χ2v) is 9.28. The van der Waals surface area contributed by atoms with Crippen LogP contribution >= 0.6 is 0 Å². The number of benzene rings is 1. The van der Waals surface area contributed by atoms with Gasteiger partial charge in [-0.05, 0) is 37.8 Å². The molecule has 31 heavy (non-hydrogen) atoms. The number of carbonyl (C=O) groups is 2. The lowest BCUT2D eigenvalue weighted by Gasteiger charge is -2.14. The van der Waals surface area contributed by atoms with Gasteiger partial charge >= 0.3 is 11.9 Å². The minimum atomic E-state index is -1.11. The quantitative estimate of drug-likeness (QED) is 0.188. The van der Waals surface area contributed by atoms with Crippen LogP contribution in [0.25, 0.3) is 0 Å². The Hall–Kier alpha value is -1.84. The van der Waals surface area contributed by atoms with Crippen molar-refractivity contribution < 1.29 is 19.4 Å². The van der Waals surface area contributed by atoms with E-state index in [-0.39, 0.29) is 17.2 Å². The Morgan fingerprint density at radius 1 is 0.710 bits per heavy atom. The number of aromatic carboxylic acids is 1. The van der Waals surface area contributed by atoms with E-state index in [0.29, 0.717) is 0 Å². The molecule has 1 rings (SSSR count). The molecule has 0 aromatic heterocycles. The lowest BCUT2D eigenvalue weighted by Crippen LogP contribution is -2.17. The van der Waals surface area contributed by atoms with Gasteiger partial charge in [0.1, 0.15) is 0 Å². The molecule has 0 bridgehead atoms. The van der Waals surface area contributed by atoms with Crippen molar-refractivity contribution in [3.63, 3.8) is 0 Å². The average Bonchev–Trinajstić information content (AvgIpc) is 2.73. The maximum atomic E-state index is 12.3. The molecule has 1 aromatic carbocycles. The molecule has 0 saturated carbocycles. The Balaban J connectivity index is 1.99. The average molecular weight is 433 g/mol. The van der Waals surface area contributed by atoms with E-state index in [9.17, 15) is 14.7 Å². The molecule has 1 atom stereocenters. The zero-order valence-electron chi connectivity index (χ0n) is 20.0. The highest BCUT2D eigenvalue weighted by molar-refractivity contribution is 6.02. The van der Waals surface area contributed by atoms with E-state index in [0.717, 1.165) is 25.2 Å². The summed E-state index contributed by atoms with van der Waals surface area (Å²) in [6.07, 6.45) is 17.7. The van der Waals surface area contributed by atoms with Gasteiger partial charge in [-0.25, -0.2) is 9.59 Å². The minimum Gasteiger partial charge on any atom is -0.478 e. The molecule has 176 valence electrons. The van der Waals surface area contributed by atoms with Crippen molar-refractivity contribution in [3.05, 3.63) is 35.4 Å². The fourth-order valence-corrected chi connectivity index (χ4v) is 3.90. The number of unbranched alkanes of at least 4 members (excludes halogenated alkanes) is 11. The standard InChI is InChI=1S/C27H44O4/c1-22(2)18-14-12-10-8-6-4-5-7-9-11-13-15-19-23(3)31-27(30)25-21-17-16-20-24(25)26(28)29/h16-17,20-23H,4-15,18-19H2,1-3H3,(H,28,29). The SMILES string of the molecule is CC(C)CCCCCCCCCCCCCCC(C)OC(=O)c1ccccc1C(=O)O. The Morgan fingerprint density at radius 3 is 1.58 bits per heavy atom. The van der Waals surface area contributed by atoms with E-state index in [2.05, 4.69) is 13.8 Å². The molecule has 1 unspecified atom stereocenters. The number of carboxylic acid groups (broad SMARTS) is 1. The summed E-state index contributed by atoms with van der Waals surface area (Å²) in [6.45, 7) is 6.49. The zero-order valence-corrected chi connectivity index (χ0v) is 20.0. The first-order valence-corrected chi connectivity index (χ1v) is 12.4. The van der Waals surface area contributed by atoms with Gasteiger partial charge in [0, 0.05) is 0 Å². The van der Waals surface area contributed by atoms with Gasteiger partial charge in [-0.2, -0.15) is 0 Å². The number of carbonyl (C=O) groups excluding carboxylic acids is 1. The highest BCUT2D eigenvalue weighted by atomic mass is 16.5. The van der Waals surface area contributed by atoms with Crippen LogP contribution in [0.15, 0.2) is 24.3 Å². The summed E-state index contributed by atoms with van der Waals surface area (Å²) in [5.74, 6) is -0.813. The van der Waals surface area contributed by atoms with Crippen LogP contribution in [0.2, 0.25) is 0 Å². The molecule has 0 spiro atoms. The number of rotatable bonds is 18. The van der Waals surface area contributed by atoms with Crippen molar-refractivity contribution in [2.75, 3.05) is 0 Å². The van der Waals surface area contributed by atoms with E-state index < -0.39 is 11.9 Å². The summed E-state index contributed by atoms with van der Waals surface area (Å²) in [6, 6.07) is 6.20. The van der Waals surface area contributed by atoms with Crippen LogP contribution in [-0.4, -0.2) is 23.1 Å². The van der Waals surface area contributed by atoms with Crippen molar-refractivity contribution in [2.45, 2.75) is 117 Å². The molecule has 1 aromatic rings. The minimum absolute atomic E-state index is 0.00849. The van der Waals surface area contributed by atoms with Gasteiger partial charge in [0.15, 0.2) is 0 Å². The summed E-state index contributed by atoms with van der Waals surface area (Å²) in [4.78, 5) is 23.5. The van der Waals surface area contributed by atoms with Gasteiger partial charge in [-0.15, -0.1) is 0 Å². The van der Waals surface area contributed by atoms with Crippen LogP contribution in [0.1, 0.15) is 131 Å². The predicted octanol–water partition coefficient (Wildman–Crippen LogP) is 8.05. The molecule has 0 radical (unpaired) electrons. The number of esters is 1. The highest BCUT2D eigenvalue weighted by Crippen LogP contribution is 2.16. The molecule has 0 aliphatic carbocycles. The first-order chi connectivity index (χ1) is 14.9. The van der Waals surface area contributed by atoms with Gasteiger partial charge in [0.2, 0.25) is 0 Å². The fourth-order valence-electron chi connectivity index (χ4n) is 3.90. The lowest BCUT2D eigenvalue weighted by atomic mass is 10.0. The molecule has 0 aliphatic heterocycles. The first-order valence-electron chi connectivity index (χ1n) is 12.4. The molecule has 4 nitrogen and oxygen atoms in total. The molecule has 0 saturated heterocycles. The van der Waals surface area contributed by atoms with E-state index in [1.807, 2.05) is 6.92 Å². The second kappa shape index (κ2) is 16.8. The zero-order chi connectivity index (χ0) is 22.9. The number of hydrogen-bond acceptors (Lipinski definition) is 3.